The summed E-state index contributed by atoms with van der Waals surface area (Å²) in [6, 6.07) is 0. The summed E-state index contributed by atoms with van der Waals surface area (Å²) < 4.78 is 10.3. The van der Waals surface area contributed by atoms with Gasteiger partial charge in [-0.3, -0.25) is 0 Å². The molecule has 0 spiro atoms. The van der Waals surface area contributed by atoms with Crippen LogP contribution in [0.25, 0.3) is 0 Å². The molecule has 2 aliphatic heterocycles. The van der Waals surface area contributed by atoms with Gasteiger partial charge in [0.25, 0.3) is 0 Å². The Kier molecular flexibility index (Phi) is 2.35. The van der Waals surface area contributed by atoms with Crippen molar-refractivity contribution < 1.29 is 14.6 Å². The molecule has 2 aliphatic rings. The molecular formula is C9H16O3. The highest BCUT2D eigenvalue weighted by Crippen LogP contribution is 2.32. The zero-order valence-corrected chi connectivity index (χ0v) is 7.40. The molecule has 70 valence electrons. The van der Waals surface area contributed by atoms with E-state index in [1.165, 1.54) is 0 Å². The number of epoxide rings is 2. The van der Waals surface area contributed by atoms with E-state index < -0.39 is 0 Å². The smallest absolute Gasteiger partial charge is 0.107 e. The summed E-state index contributed by atoms with van der Waals surface area (Å²) in [5, 5.41) is 9.79. The average molecular weight is 172 g/mol. The first kappa shape index (κ1) is 8.48. The van der Waals surface area contributed by atoms with E-state index in [2.05, 4.69) is 6.92 Å². The molecule has 0 aliphatic carbocycles. The summed E-state index contributed by atoms with van der Waals surface area (Å²) in [7, 11) is 0. The van der Waals surface area contributed by atoms with Crippen LogP contribution in [0.3, 0.4) is 0 Å². The van der Waals surface area contributed by atoms with Crippen molar-refractivity contribution in [2.75, 3.05) is 13.2 Å². The van der Waals surface area contributed by atoms with Gasteiger partial charge in [-0.05, 0) is 6.42 Å². The summed E-state index contributed by atoms with van der Waals surface area (Å²) in [4.78, 5) is 0. The molecule has 0 aromatic heterocycles. The molecule has 2 fully saturated rings. The fourth-order valence-corrected chi connectivity index (χ4v) is 1.74. The molecule has 0 bridgehead atoms. The molecule has 0 aromatic carbocycles. The van der Waals surface area contributed by atoms with Gasteiger partial charge in [0.05, 0.1) is 25.4 Å². The van der Waals surface area contributed by atoms with Gasteiger partial charge in [0.1, 0.15) is 6.10 Å². The minimum atomic E-state index is -0.294. The van der Waals surface area contributed by atoms with Crippen LogP contribution >= 0.6 is 0 Å². The van der Waals surface area contributed by atoms with Gasteiger partial charge in [-0.1, -0.05) is 13.3 Å². The lowest BCUT2D eigenvalue weighted by molar-refractivity contribution is 0.0576. The van der Waals surface area contributed by atoms with E-state index in [-0.39, 0.29) is 12.2 Å². The van der Waals surface area contributed by atoms with Crippen LogP contribution in [0.4, 0.5) is 0 Å². The third kappa shape index (κ3) is 1.79. The highest BCUT2D eigenvalue weighted by molar-refractivity contribution is 4.91. The van der Waals surface area contributed by atoms with E-state index in [1.54, 1.807) is 0 Å². The molecule has 0 amide bonds. The van der Waals surface area contributed by atoms with Crippen molar-refractivity contribution in [2.24, 2.45) is 5.92 Å². The molecule has 1 N–H and O–H groups in total. The number of hydrogen-bond donors (Lipinski definition) is 1. The Balaban J connectivity index is 1.84. The molecule has 2 rings (SSSR count). The van der Waals surface area contributed by atoms with Crippen molar-refractivity contribution in [3.8, 4) is 0 Å². The Morgan fingerprint density at radius 2 is 1.92 bits per heavy atom. The maximum atomic E-state index is 9.79. The van der Waals surface area contributed by atoms with Crippen molar-refractivity contribution in [2.45, 2.75) is 38.1 Å². The van der Waals surface area contributed by atoms with Crippen molar-refractivity contribution in [3.63, 3.8) is 0 Å². The third-order valence-electron chi connectivity index (χ3n) is 2.64. The summed E-state index contributed by atoms with van der Waals surface area (Å²) in [6.45, 7) is 3.69. The largest absolute Gasteiger partial charge is 0.390 e. The maximum absolute atomic E-state index is 9.79. The SMILES string of the molecule is CCCC(C1CO1)C(O)C1CO1. The van der Waals surface area contributed by atoms with Crippen LogP contribution in [-0.2, 0) is 9.47 Å². The van der Waals surface area contributed by atoms with E-state index in [1.807, 2.05) is 0 Å². The predicted octanol–water partition coefficient (Wildman–Crippen LogP) is 0.561. The van der Waals surface area contributed by atoms with Gasteiger partial charge in [0.15, 0.2) is 0 Å². The Morgan fingerprint density at radius 3 is 2.33 bits per heavy atom. The van der Waals surface area contributed by atoms with E-state index in [4.69, 9.17) is 9.47 Å². The van der Waals surface area contributed by atoms with Crippen molar-refractivity contribution in [3.05, 3.63) is 0 Å². The van der Waals surface area contributed by atoms with Crippen molar-refractivity contribution >= 4 is 0 Å². The van der Waals surface area contributed by atoms with Gasteiger partial charge in [-0.15, -0.1) is 0 Å². The van der Waals surface area contributed by atoms with Crippen molar-refractivity contribution in [1.82, 2.24) is 0 Å². The van der Waals surface area contributed by atoms with E-state index >= 15 is 0 Å². The minimum Gasteiger partial charge on any atom is -0.390 e. The molecule has 2 saturated heterocycles. The first-order valence-corrected chi connectivity index (χ1v) is 4.74. The molecule has 2 heterocycles. The van der Waals surface area contributed by atoms with Crippen LogP contribution in [0.15, 0.2) is 0 Å². The monoisotopic (exact) mass is 172 g/mol. The second-order valence-electron chi connectivity index (χ2n) is 3.69. The standard InChI is InChI=1S/C9H16O3/c1-2-3-6(7-4-11-7)9(10)8-5-12-8/h6-10H,2-5H2,1H3. The second kappa shape index (κ2) is 3.32. The molecule has 3 heteroatoms. The van der Waals surface area contributed by atoms with Crippen molar-refractivity contribution in [1.29, 1.82) is 0 Å². The van der Waals surface area contributed by atoms with Gasteiger partial charge in [0, 0.05) is 5.92 Å². The molecule has 4 atom stereocenters. The molecule has 12 heavy (non-hydrogen) atoms. The Bertz CT molecular complexity index is 152. The first-order chi connectivity index (χ1) is 5.83. The predicted molar refractivity (Wildman–Crippen MR) is 43.9 cm³/mol. The number of ether oxygens (including phenoxy) is 2. The van der Waals surface area contributed by atoms with Gasteiger partial charge >= 0.3 is 0 Å². The molecule has 0 saturated carbocycles. The van der Waals surface area contributed by atoms with Crippen LogP contribution in [0, 0.1) is 5.92 Å². The second-order valence-corrected chi connectivity index (χ2v) is 3.69. The normalized spacial score (nSPS) is 37.5. The lowest BCUT2D eigenvalue weighted by Gasteiger charge is -2.18. The molecule has 4 unspecified atom stereocenters. The number of aliphatic hydroxyl groups is 1. The fourth-order valence-electron chi connectivity index (χ4n) is 1.74. The molecule has 0 aromatic rings. The maximum Gasteiger partial charge on any atom is 0.107 e. The number of rotatable bonds is 5. The van der Waals surface area contributed by atoms with Gasteiger partial charge in [0.2, 0.25) is 0 Å². The lowest BCUT2D eigenvalue weighted by Crippen LogP contribution is -2.30. The number of aliphatic hydroxyl groups excluding tert-OH is 1. The summed E-state index contributed by atoms with van der Waals surface area (Å²) in [5.41, 5.74) is 0. The Morgan fingerprint density at radius 1 is 1.33 bits per heavy atom. The van der Waals surface area contributed by atoms with Crippen LogP contribution in [-0.4, -0.2) is 36.6 Å². The summed E-state index contributed by atoms with van der Waals surface area (Å²) in [5.74, 6) is 0.308. The van der Waals surface area contributed by atoms with Crippen LogP contribution in [0.5, 0.6) is 0 Å². The lowest BCUT2D eigenvalue weighted by atomic mass is 9.92. The average Bonchev–Trinajstić information content (AvgIpc) is 2.88. The van der Waals surface area contributed by atoms with Crippen LogP contribution in [0.1, 0.15) is 19.8 Å². The highest BCUT2D eigenvalue weighted by atomic mass is 16.6. The van der Waals surface area contributed by atoms with E-state index in [0.717, 1.165) is 26.1 Å². The minimum absolute atomic E-state index is 0.103. The van der Waals surface area contributed by atoms with E-state index in [0.29, 0.717) is 12.0 Å². The Hall–Kier alpha value is -0.120. The van der Waals surface area contributed by atoms with Crippen LogP contribution in [0.2, 0.25) is 0 Å². The van der Waals surface area contributed by atoms with Crippen LogP contribution < -0.4 is 0 Å². The zero-order valence-electron chi connectivity index (χ0n) is 7.40. The number of hydrogen-bond acceptors (Lipinski definition) is 3. The van der Waals surface area contributed by atoms with E-state index in [9.17, 15) is 5.11 Å². The topological polar surface area (TPSA) is 45.3 Å². The summed E-state index contributed by atoms with van der Waals surface area (Å²) >= 11 is 0. The molecule has 3 nitrogen and oxygen atoms in total. The van der Waals surface area contributed by atoms with Gasteiger partial charge in [-0.25, -0.2) is 0 Å². The molecule has 0 radical (unpaired) electrons. The Labute approximate surface area is 72.7 Å². The molecular weight excluding hydrogens is 156 g/mol. The first-order valence-electron chi connectivity index (χ1n) is 4.74. The van der Waals surface area contributed by atoms with Gasteiger partial charge < -0.3 is 14.6 Å². The summed E-state index contributed by atoms with van der Waals surface area (Å²) in [6.07, 6.45) is 2.27. The van der Waals surface area contributed by atoms with Gasteiger partial charge in [-0.2, -0.15) is 0 Å². The third-order valence-corrected chi connectivity index (χ3v) is 2.64. The zero-order chi connectivity index (χ0) is 8.55. The fraction of sp³-hybridized carbons (Fsp3) is 1.00. The quantitative estimate of drug-likeness (QED) is 0.616. The highest BCUT2D eigenvalue weighted by Gasteiger charge is 2.44.